The highest BCUT2D eigenvalue weighted by Gasteiger charge is 2.18. The van der Waals surface area contributed by atoms with E-state index in [4.69, 9.17) is 4.74 Å². The summed E-state index contributed by atoms with van der Waals surface area (Å²) >= 11 is 0. The minimum Gasteiger partial charge on any atom is -0.466 e. The van der Waals surface area contributed by atoms with Crippen LogP contribution in [-0.4, -0.2) is 47.4 Å². The number of carbonyl (C=O) groups is 2. The molecule has 69 heavy (non-hydrogen) atoms. The molecule has 0 aliphatic heterocycles. The second kappa shape index (κ2) is 58.9. The van der Waals surface area contributed by atoms with E-state index in [1.54, 1.807) is 6.08 Å². The largest absolute Gasteiger partial charge is 0.466 e. The summed E-state index contributed by atoms with van der Waals surface area (Å²) in [6.45, 7) is 4.87. The SMILES string of the molecule is CCCC/C=C\CCCCCCCC(=O)OCCCCCCCCCCCCCCCCCCC(=O)NC(CO)C(O)/C=C/CCCCCCCCCCCCCCCCCCCCCCCCC. The molecule has 3 N–H and O–H groups in total. The molecule has 0 rings (SSSR count). The molecule has 2 atom stereocenters. The standard InChI is InChI=1S/C63H121NO5/c1-3-5-7-9-11-13-15-16-17-18-19-20-21-22-23-24-25-26-29-32-36-39-43-47-51-55-61(66)60(59-65)64-62(67)56-52-48-44-40-37-33-30-27-28-31-34-38-42-46-50-54-58-69-63(68)57-53-49-45-41-35-14-12-10-8-6-4-2/h10,12,51,55,60-61,65-66H,3-9,11,13-50,52-54,56-59H2,1-2H3,(H,64,67)/b12-10-,55-51+. The fourth-order valence-corrected chi connectivity index (χ4v) is 9.68. The van der Waals surface area contributed by atoms with E-state index in [0.717, 1.165) is 44.9 Å². The zero-order chi connectivity index (χ0) is 50.0. The van der Waals surface area contributed by atoms with Crippen molar-refractivity contribution in [2.24, 2.45) is 0 Å². The lowest BCUT2D eigenvalue weighted by Gasteiger charge is -2.20. The van der Waals surface area contributed by atoms with Crippen LogP contribution in [0.3, 0.4) is 0 Å². The first kappa shape index (κ1) is 67.3. The van der Waals surface area contributed by atoms with Gasteiger partial charge in [0.1, 0.15) is 0 Å². The monoisotopic (exact) mass is 972 g/mol. The summed E-state index contributed by atoms with van der Waals surface area (Å²) in [7, 11) is 0. The average Bonchev–Trinajstić information content (AvgIpc) is 3.35. The molecule has 0 saturated heterocycles. The van der Waals surface area contributed by atoms with Gasteiger partial charge in [-0.05, 0) is 51.4 Å². The van der Waals surface area contributed by atoms with Crippen LogP contribution in [-0.2, 0) is 14.3 Å². The van der Waals surface area contributed by atoms with Gasteiger partial charge in [-0.3, -0.25) is 9.59 Å². The van der Waals surface area contributed by atoms with Crippen LogP contribution >= 0.6 is 0 Å². The van der Waals surface area contributed by atoms with Crippen molar-refractivity contribution in [2.75, 3.05) is 13.2 Å². The average molecular weight is 973 g/mol. The molecular weight excluding hydrogens is 851 g/mol. The molecule has 0 radical (unpaired) electrons. The van der Waals surface area contributed by atoms with Crippen molar-refractivity contribution >= 4 is 11.9 Å². The van der Waals surface area contributed by atoms with E-state index in [9.17, 15) is 19.8 Å². The van der Waals surface area contributed by atoms with Crippen molar-refractivity contribution in [3.8, 4) is 0 Å². The zero-order valence-electron chi connectivity index (χ0n) is 46.6. The van der Waals surface area contributed by atoms with E-state index in [0.29, 0.717) is 19.4 Å². The number of rotatable bonds is 58. The van der Waals surface area contributed by atoms with Crippen LogP contribution in [0.2, 0.25) is 0 Å². The molecule has 0 aliphatic rings. The number of allylic oxidation sites excluding steroid dienone is 3. The Morgan fingerprint density at radius 1 is 0.391 bits per heavy atom. The van der Waals surface area contributed by atoms with Gasteiger partial charge in [0.15, 0.2) is 0 Å². The predicted molar refractivity (Wildman–Crippen MR) is 301 cm³/mol. The van der Waals surface area contributed by atoms with Gasteiger partial charge in [-0.15, -0.1) is 0 Å². The fraction of sp³-hybridized carbons (Fsp3) is 0.905. The highest BCUT2D eigenvalue weighted by Crippen LogP contribution is 2.18. The third kappa shape index (κ3) is 55.5. The summed E-state index contributed by atoms with van der Waals surface area (Å²) in [5.41, 5.74) is 0. The first-order valence-corrected chi connectivity index (χ1v) is 31.1. The fourth-order valence-electron chi connectivity index (χ4n) is 9.68. The lowest BCUT2D eigenvalue weighted by atomic mass is 10.0. The van der Waals surface area contributed by atoms with Crippen molar-refractivity contribution in [1.29, 1.82) is 0 Å². The molecule has 0 fully saturated rings. The van der Waals surface area contributed by atoms with E-state index in [2.05, 4.69) is 31.3 Å². The number of carbonyl (C=O) groups excluding carboxylic acids is 2. The molecule has 0 aromatic carbocycles. The Balaban J connectivity index is 3.46. The van der Waals surface area contributed by atoms with Crippen LogP contribution in [0.25, 0.3) is 0 Å². The molecule has 408 valence electrons. The van der Waals surface area contributed by atoms with Gasteiger partial charge >= 0.3 is 5.97 Å². The van der Waals surface area contributed by atoms with Crippen molar-refractivity contribution in [3.63, 3.8) is 0 Å². The van der Waals surface area contributed by atoms with Crippen molar-refractivity contribution in [2.45, 2.75) is 353 Å². The molecular formula is C63H121NO5. The Labute approximate surface area is 431 Å². The van der Waals surface area contributed by atoms with Gasteiger partial charge in [0.05, 0.1) is 25.4 Å². The molecule has 0 spiro atoms. The Bertz CT molecular complexity index is 1080. The van der Waals surface area contributed by atoms with Gasteiger partial charge in [-0.25, -0.2) is 0 Å². The Kier molecular flexibility index (Phi) is 57.5. The number of hydrogen-bond acceptors (Lipinski definition) is 5. The number of hydrogen-bond donors (Lipinski definition) is 3. The van der Waals surface area contributed by atoms with Crippen molar-refractivity contribution < 1.29 is 24.5 Å². The van der Waals surface area contributed by atoms with Crippen LogP contribution in [0.1, 0.15) is 341 Å². The van der Waals surface area contributed by atoms with Gasteiger partial charge in [-0.2, -0.15) is 0 Å². The quantitative estimate of drug-likeness (QED) is 0.0321. The van der Waals surface area contributed by atoms with Gasteiger partial charge in [0.2, 0.25) is 5.91 Å². The smallest absolute Gasteiger partial charge is 0.305 e. The summed E-state index contributed by atoms with van der Waals surface area (Å²) in [5.74, 6) is -0.0798. The summed E-state index contributed by atoms with van der Waals surface area (Å²) in [6, 6.07) is -0.634. The molecule has 0 saturated carbocycles. The maximum atomic E-state index is 12.5. The summed E-state index contributed by atoms with van der Waals surface area (Å²) in [4.78, 5) is 24.5. The van der Waals surface area contributed by atoms with Crippen LogP contribution in [0.4, 0.5) is 0 Å². The first-order valence-electron chi connectivity index (χ1n) is 31.1. The summed E-state index contributed by atoms with van der Waals surface area (Å²) in [5, 5.41) is 23.2. The molecule has 1 amide bonds. The summed E-state index contributed by atoms with van der Waals surface area (Å²) < 4.78 is 5.45. The number of unbranched alkanes of at least 4 members (excludes halogenated alkanes) is 45. The number of nitrogens with one attached hydrogen (secondary N) is 1. The van der Waals surface area contributed by atoms with E-state index in [-0.39, 0.29) is 18.5 Å². The predicted octanol–water partition coefficient (Wildman–Crippen LogP) is 19.4. The van der Waals surface area contributed by atoms with E-state index in [1.807, 2.05) is 6.08 Å². The molecule has 0 aromatic heterocycles. The third-order valence-corrected chi connectivity index (χ3v) is 14.5. The molecule has 0 bridgehead atoms. The van der Waals surface area contributed by atoms with Crippen molar-refractivity contribution in [1.82, 2.24) is 5.32 Å². The maximum absolute atomic E-state index is 12.5. The van der Waals surface area contributed by atoms with Gasteiger partial charge in [-0.1, -0.05) is 301 Å². The second-order valence-electron chi connectivity index (χ2n) is 21.4. The normalized spacial score (nSPS) is 12.7. The number of esters is 1. The third-order valence-electron chi connectivity index (χ3n) is 14.5. The Hall–Kier alpha value is -1.66. The van der Waals surface area contributed by atoms with E-state index >= 15 is 0 Å². The Morgan fingerprint density at radius 3 is 1.07 bits per heavy atom. The number of aliphatic hydroxyl groups excluding tert-OH is 2. The van der Waals surface area contributed by atoms with Crippen LogP contribution in [0, 0.1) is 0 Å². The number of ether oxygens (including phenoxy) is 1. The van der Waals surface area contributed by atoms with Crippen molar-refractivity contribution in [3.05, 3.63) is 24.3 Å². The maximum Gasteiger partial charge on any atom is 0.305 e. The summed E-state index contributed by atoms with van der Waals surface area (Å²) in [6.07, 6.45) is 72.2. The second-order valence-corrected chi connectivity index (χ2v) is 21.4. The lowest BCUT2D eigenvalue weighted by Crippen LogP contribution is -2.45. The topological polar surface area (TPSA) is 95.9 Å². The molecule has 0 aromatic rings. The minimum atomic E-state index is -0.850. The number of aliphatic hydroxyl groups is 2. The van der Waals surface area contributed by atoms with E-state index < -0.39 is 12.1 Å². The van der Waals surface area contributed by atoms with Gasteiger partial charge in [0.25, 0.3) is 0 Å². The lowest BCUT2D eigenvalue weighted by molar-refractivity contribution is -0.143. The minimum absolute atomic E-state index is 0.00831. The molecule has 2 unspecified atom stereocenters. The number of amides is 1. The van der Waals surface area contributed by atoms with Gasteiger partial charge in [0, 0.05) is 12.8 Å². The molecule has 0 heterocycles. The first-order chi connectivity index (χ1) is 34.0. The molecule has 6 nitrogen and oxygen atoms in total. The highest BCUT2D eigenvalue weighted by molar-refractivity contribution is 5.76. The molecule has 6 heteroatoms. The Morgan fingerprint density at radius 2 is 0.696 bits per heavy atom. The zero-order valence-corrected chi connectivity index (χ0v) is 46.6. The van der Waals surface area contributed by atoms with E-state index in [1.165, 1.54) is 270 Å². The van der Waals surface area contributed by atoms with Gasteiger partial charge < -0.3 is 20.3 Å². The van der Waals surface area contributed by atoms with Crippen LogP contribution in [0.15, 0.2) is 24.3 Å². The van der Waals surface area contributed by atoms with Crippen LogP contribution in [0.5, 0.6) is 0 Å². The molecule has 0 aliphatic carbocycles. The highest BCUT2D eigenvalue weighted by atomic mass is 16.5. The van der Waals surface area contributed by atoms with Crippen LogP contribution < -0.4 is 5.32 Å².